The maximum Gasteiger partial charge on any atom is 0.241 e. The minimum atomic E-state index is 0. The molecule has 2 N–H and O–H groups in total. The van der Waals surface area contributed by atoms with Gasteiger partial charge in [0, 0.05) is 26.3 Å². The molecule has 1 aliphatic heterocycles. The van der Waals surface area contributed by atoms with Crippen molar-refractivity contribution >= 4 is 35.8 Å². The van der Waals surface area contributed by atoms with Crippen LogP contribution < -0.4 is 10.6 Å². The van der Waals surface area contributed by atoms with Crippen molar-refractivity contribution in [3.8, 4) is 0 Å². The summed E-state index contributed by atoms with van der Waals surface area (Å²) in [5.41, 5.74) is 0.933. The molecule has 1 aromatic heterocycles. The van der Waals surface area contributed by atoms with Crippen LogP contribution in [-0.2, 0) is 11.3 Å². The average molecular weight is 417 g/mol. The van der Waals surface area contributed by atoms with Crippen LogP contribution in [0.2, 0.25) is 0 Å². The van der Waals surface area contributed by atoms with Gasteiger partial charge in [-0.1, -0.05) is 6.07 Å². The van der Waals surface area contributed by atoms with E-state index < -0.39 is 0 Å². The third-order valence-electron chi connectivity index (χ3n) is 3.50. The Balaban J connectivity index is 0.00000242. The maximum absolute atomic E-state index is 12.1. The number of pyridine rings is 1. The minimum Gasteiger partial charge on any atom is -0.351 e. The summed E-state index contributed by atoms with van der Waals surface area (Å²) < 4.78 is 0. The molecule has 122 valence electrons. The first-order valence-electron chi connectivity index (χ1n) is 7.42. The zero-order chi connectivity index (χ0) is 14.9. The van der Waals surface area contributed by atoms with Crippen LogP contribution in [0.4, 0.5) is 0 Å². The van der Waals surface area contributed by atoms with E-state index in [4.69, 9.17) is 0 Å². The number of aliphatic imine (C=N–C) groups is 1. The number of carbonyl (C=O) groups excluding carboxylic acids is 1. The van der Waals surface area contributed by atoms with Gasteiger partial charge in [0.1, 0.15) is 0 Å². The van der Waals surface area contributed by atoms with E-state index in [-0.39, 0.29) is 36.4 Å². The fraction of sp³-hybridized carbons (Fsp3) is 0.533. The highest BCUT2D eigenvalue weighted by atomic mass is 127. The lowest BCUT2D eigenvalue weighted by Crippen LogP contribution is -2.45. The van der Waals surface area contributed by atoms with E-state index in [2.05, 4.69) is 20.6 Å². The number of hydrogen-bond donors (Lipinski definition) is 2. The van der Waals surface area contributed by atoms with Gasteiger partial charge in [-0.25, -0.2) is 0 Å². The molecule has 0 unspecified atom stereocenters. The van der Waals surface area contributed by atoms with Gasteiger partial charge in [-0.05, 0) is 31.4 Å². The number of carbonyl (C=O) groups is 1. The predicted molar refractivity (Wildman–Crippen MR) is 98.3 cm³/mol. The van der Waals surface area contributed by atoms with E-state index in [9.17, 15) is 4.79 Å². The summed E-state index contributed by atoms with van der Waals surface area (Å²) >= 11 is 0. The number of halogens is 1. The standard InChI is InChI=1S/C15H23N5O.HI/c1-16-15(18-11-13-7-3-4-8-17-13)19-12-14(21)20-9-5-2-6-10-20;/h3-4,7-8H,2,5-6,9-12H2,1H3,(H2,16,18,19);1H. The molecule has 6 nitrogen and oxygen atoms in total. The Labute approximate surface area is 148 Å². The number of aromatic nitrogens is 1. The number of nitrogens with one attached hydrogen (secondary N) is 2. The third kappa shape index (κ3) is 6.17. The van der Waals surface area contributed by atoms with Gasteiger partial charge >= 0.3 is 0 Å². The molecular formula is C15H24IN5O. The summed E-state index contributed by atoms with van der Waals surface area (Å²) in [5.74, 6) is 0.751. The number of guanidine groups is 1. The van der Waals surface area contributed by atoms with Crippen LogP contribution in [0.3, 0.4) is 0 Å². The smallest absolute Gasteiger partial charge is 0.241 e. The van der Waals surface area contributed by atoms with E-state index >= 15 is 0 Å². The van der Waals surface area contributed by atoms with Crippen molar-refractivity contribution in [1.82, 2.24) is 20.5 Å². The second kappa shape index (κ2) is 10.4. The molecule has 22 heavy (non-hydrogen) atoms. The molecule has 1 saturated heterocycles. The Hall–Kier alpha value is -1.38. The molecule has 0 saturated carbocycles. The number of rotatable bonds is 4. The monoisotopic (exact) mass is 417 g/mol. The number of likely N-dealkylation sites (tertiary alicyclic amines) is 1. The lowest BCUT2D eigenvalue weighted by atomic mass is 10.1. The lowest BCUT2D eigenvalue weighted by molar-refractivity contribution is -0.130. The maximum atomic E-state index is 12.1. The molecule has 2 heterocycles. The Morgan fingerprint density at radius 3 is 2.68 bits per heavy atom. The zero-order valence-electron chi connectivity index (χ0n) is 12.9. The van der Waals surface area contributed by atoms with Crippen LogP contribution in [-0.4, -0.2) is 48.4 Å². The number of nitrogens with zero attached hydrogens (tertiary/aromatic N) is 3. The van der Waals surface area contributed by atoms with Crippen LogP contribution in [0.1, 0.15) is 25.0 Å². The highest BCUT2D eigenvalue weighted by Gasteiger charge is 2.16. The second-order valence-corrected chi connectivity index (χ2v) is 5.04. The SMILES string of the molecule is CN=C(NCC(=O)N1CCCCC1)NCc1ccccn1.I. The van der Waals surface area contributed by atoms with Gasteiger partial charge in [0.15, 0.2) is 5.96 Å². The molecule has 1 aliphatic rings. The molecule has 1 amide bonds. The van der Waals surface area contributed by atoms with E-state index in [0.717, 1.165) is 31.6 Å². The van der Waals surface area contributed by atoms with Crippen molar-refractivity contribution in [2.24, 2.45) is 4.99 Å². The fourth-order valence-corrected chi connectivity index (χ4v) is 2.31. The number of piperidine rings is 1. The Bertz CT molecular complexity index is 474. The van der Waals surface area contributed by atoms with Crippen LogP contribution in [0.25, 0.3) is 0 Å². The molecule has 0 radical (unpaired) electrons. The molecule has 0 aromatic carbocycles. The number of hydrogen-bond acceptors (Lipinski definition) is 3. The van der Waals surface area contributed by atoms with Crippen molar-refractivity contribution in [2.45, 2.75) is 25.8 Å². The van der Waals surface area contributed by atoms with E-state index in [1.807, 2.05) is 23.1 Å². The van der Waals surface area contributed by atoms with Gasteiger partial charge in [-0.15, -0.1) is 24.0 Å². The summed E-state index contributed by atoms with van der Waals surface area (Å²) in [5, 5.41) is 6.21. The van der Waals surface area contributed by atoms with Gasteiger partial charge in [0.05, 0.1) is 18.8 Å². The normalized spacial score (nSPS) is 15.0. The molecule has 0 aliphatic carbocycles. The van der Waals surface area contributed by atoms with Crippen molar-refractivity contribution in [2.75, 3.05) is 26.7 Å². The molecule has 7 heteroatoms. The zero-order valence-corrected chi connectivity index (χ0v) is 15.2. The quantitative estimate of drug-likeness (QED) is 0.441. The van der Waals surface area contributed by atoms with Gasteiger partial charge in [-0.2, -0.15) is 0 Å². The van der Waals surface area contributed by atoms with Gasteiger partial charge in [0.2, 0.25) is 5.91 Å². The lowest BCUT2D eigenvalue weighted by Gasteiger charge is -2.27. The molecule has 2 rings (SSSR count). The largest absolute Gasteiger partial charge is 0.351 e. The van der Waals surface area contributed by atoms with Crippen LogP contribution in [0.5, 0.6) is 0 Å². The van der Waals surface area contributed by atoms with Crippen LogP contribution in [0, 0.1) is 0 Å². The predicted octanol–water partition coefficient (Wildman–Crippen LogP) is 1.38. The highest BCUT2D eigenvalue weighted by Crippen LogP contribution is 2.08. The van der Waals surface area contributed by atoms with E-state index in [0.29, 0.717) is 12.5 Å². The highest BCUT2D eigenvalue weighted by molar-refractivity contribution is 14.0. The molecule has 1 fully saturated rings. The Morgan fingerprint density at radius 1 is 1.27 bits per heavy atom. The molecule has 0 spiro atoms. The van der Waals surface area contributed by atoms with E-state index in [1.165, 1.54) is 6.42 Å². The van der Waals surface area contributed by atoms with Crippen LogP contribution >= 0.6 is 24.0 Å². The molecule has 0 bridgehead atoms. The van der Waals surface area contributed by atoms with Crippen molar-refractivity contribution < 1.29 is 4.79 Å². The first-order chi connectivity index (χ1) is 10.3. The molecule has 1 aromatic rings. The van der Waals surface area contributed by atoms with Gasteiger partial charge in [-0.3, -0.25) is 14.8 Å². The third-order valence-corrected chi connectivity index (χ3v) is 3.50. The van der Waals surface area contributed by atoms with Gasteiger partial charge < -0.3 is 15.5 Å². The second-order valence-electron chi connectivity index (χ2n) is 5.04. The fourth-order valence-electron chi connectivity index (χ4n) is 2.31. The first kappa shape index (κ1) is 18.7. The van der Waals surface area contributed by atoms with Crippen LogP contribution in [0.15, 0.2) is 29.4 Å². The first-order valence-corrected chi connectivity index (χ1v) is 7.42. The van der Waals surface area contributed by atoms with Gasteiger partial charge in [0.25, 0.3) is 0 Å². The summed E-state index contributed by atoms with van der Waals surface area (Å²) in [6, 6.07) is 5.77. The van der Waals surface area contributed by atoms with E-state index in [1.54, 1.807) is 13.2 Å². The Morgan fingerprint density at radius 2 is 2.05 bits per heavy atom. The van der Waals surface area contributed by atoms with Crippen molar-refractivity contribution in [1.29, 1.82) is 0 Å². The topological polar surface area (TPSA) is 69.6 Å². The van der Waals surface area contributed by atoms with Crippen molar-refractivity contribution in [3.05, 3.63) is 30.1 Å². The molecule has 0 atom stereocenters. The number of amides is 1. The van der Waals surface area contributed by atoms with Crippen molar-refractivity contribution in [3.63, 3.8) is 0 Å². The average Bonchev–Trinajstić information content (AvgIpc) is 2.56. The summed E-state index contributed by atoms with van der Waals surface area (Å²) in [4.78, 5) is 22.3. The minimum absolute atomic E-state index is 0. The summed E-state index contributed by atoms with van der Waals surface area (Å²) in [6.07, 6.45) is 5.20. The summed E-state index contributed by atoms with van der Waals surface area (Å²) in [6.45, 7) is 2.61. The molecular weight excluding hydrogens is 393 g/mol. The summed E-state index contributed by atoms with van der Waals surface area (Å²) in [7, 11) is 1.69. The Kier molecular flexibility index (Phi) is 8.79.